The molecule has 1 unspecified atom stereocenters. The highest BCUT2D eigenvalue weighted by molar-refractivity contribution is 6.36. The molecule has 0 amide bonds. The van der Waals surface area contributed by atoms with Crippen LogP contribution in [0, 0.1) is 34.4 Å². The summed E-state index contributed by atoms with van der Waals surface area (Å²) in [5.41, 5.74) is 8.73. The number of anilines is 3. The number of hydrogen-bond donors (Lipinski definition) is 4. The first-order valence-electron chi connectivity index (χ1n) is 12.7. The Morgan fingerprint density at radius 3 is 2.70 bits per heavy atom. The lowest BCUT2D eigenvalue weighted by atomic mass is 10.0. The van der Waals surface area contributed by atoms with E-state index < -0.39 is 17.8 Å². The van der Waals surface area contributed by atoms with Gasteiger partial charge in [-0.05, 0) is 42.7 Å². The van der Waals surface area contributed by atoms with Crippen LogP contribution in [-0.4, -0.2) is 21.0 Å². The number of pyridine rings is 2. The van der Waals surface area contributed by atoms with Gasteiger partial charge in [0.2, 0.25) is 5.95 Å². The molecule has 12 heteroatoms. The second-order valence-electron chi connectivity index (χ2n) is 9.25. The minimum absolute atomic E-state index is 0.108. The van der Waals surface area contributed by atoms with Crippen molar-refractivity contribution in [2.45, 2.75) is 24.9 Å². The van der Waals surface area contributed by atoms with Crippen molar-refractivity contribution in [1.82, 2.24) is 25.9 Å². The van der Waals surface area contributed by atoms with E-state index in [-0.39, 0.29) is 22.0 Å². The van der Waals surface area contributed by atoms with E-state index in [0.717, 1.165) is 25.1 Å². The van der Waals surface area contributed by atoms with E-state index in [2.05, 4.69) is 37.6 Å². The monoisotopic (exact) mass is 556 g/mol. The summed E-state index contributed by atoms with van der Waals surface area (Å²) >= 11 is 6.64. The molecule has 0 saturated heterocycles. The smallest absolute Gasteiger partial charge is 0.249 e. The first-order chi connectivity index (χ1) is 19.8. The van der Waals surface area contributed by atoms with E-state index in [9.17, 15) is 20.7 Å². The molecular weight excluding hydrogens is 536 g/mol. The van der Waals surface area contributed by atoms with Crippen LogP contribution in [0.3, 0.4) is 0 Å². The summed E-state index contributed by atoms with van der Waals surface area (Å²) in [5, 5.41) is 28.0. The third-order valence-electron chi connectivity index (χ3n) is 6.46. The molecule has 0 radical (unpaired) electrons. The summed E-state index contributed by atoms with van der Waals surface area (Å²) in [6.07, 6.45) is 6.29. The van der Waals surface area contributed by atoms with Gasteiger partial charge in [0.05, 0.1) is 58.4 Å². The molecule has 1 aliphatic heterocycles. The van der Waals surface area contributed by atoms with Crippen LogP contribution in [-0.2, 0) is 0 Å². The molecule has 4 N–H and O–H groups in total. The minimum Gasteiger partial charge on any atom is -0.373 e. The van der Waals surface area contributed by atoms with Gasteiger partial charge in [-0.2, -0.15) is 14.9 Å². The van der Waals surface area contributed by atoms with E-state index in [1.165, 1.54) is 6.20 Å². The van der Waals surface area contributed by atoms with E-state index in [0.29, 0.717) is 39.5 Å². The van der Waals surface area contributed by atoms with Crippen molar-refractivity contribution in [3.63, 3.8) is 0 Å². The maximum Gasteiger partial charge on any atom is 0.249 e. The van der Waals surface area contributed by atoms with Gasteiger partial charge in [-0.3, -0.25) is 9.99 Å². The summed E-state index contributed by atoms with van der Waals surface area (Å²) in [6.45, 7) is 0. The zero-order valence-electron chi connectivity index (χ0n) is 21.6. The zero-order chi connectivity index (χ0) is 28.7. The molecule has 2 aliphatic rings. The Morgan fingerprint density at radius 2 is 1.95 bits per heavy atom. The predicted molar refractivity (Wildman–Crippen MR) is 146 cm³/mol. The molecule has 40 heavy (non-hydrogen) atoms. The molecule has 1 saturated carbocycles. The van der Waals surface area contributed by atoms with Gasteiger partial charge in [-0.1, -0.05) is 23.7 Å². The molecule has 1 fully saturated rings. The number of fused-ring (bicyclic) bond motifs is 1. The first-order valence-corrected chi connectivity index (χ1v) is 12.6. The Hall–Kier alpha value is -4.97. The van der Waals surface area contributed by atoms with Gasteiger partial charge in [0.15, 0.2) is 5.82 Å². The van der Waals surface area contributed by atoms with Crippen molar-refractivity contribution in [3.05, 3.63) is 100 Å². The van der Waals surface area contributed by atoms with Crippen molar-refractivity contribution < 1.29 is 10.2 Å². The van der Waals surface area contributed by atoms with Crippen LogP contribution in [0.5, 0.6) is 0 Å². The standard InChI is InChI=1S/C28H20ClF2N9/c29-22-8-18(7-21-25(17(11-33)12-34-27(21)22)37-19-9-23(30)28(31)35-13-19)36-26(16-3-1-2-15(6-16)10-32)24-14-40(39-38-24)20-4-5-20/h1-3,6-9,12-14,20,26,36,38-39H,4-5H2,(H,34,37)/i26D. The van der Waals surface area contributed by atoms with Gasteiger partial charge in [0.25, 0.3) is 0 Å². The van der Waals surface area contributed by atoms with E-state index in [1.54, 1.807) is 36.4 Å². The quantitative estimate of drug-likeness (QED) is 0.217. The maximum atomic E-state index is 13.9. The van der Waals surface area contributed by atoms with Crippen molar-refractivity contribution in [1.29, 1.82) is 10.5 Å². The van der Waals surface area contributed by atoms with Gasteiger partial charge in [0.1, 0.15) is 6.07 Å². The van der Waals surface area contributed by atoms with Crippen LogP contribution >= 0.6 is 11.6 Å². The molecule has 198 valence electrons. The van der Waals surface area contributed by atoms with E-state index in [1.807, 2.05) is 17.3 Å². The van der Waals surface area contributed by atoms with Gasteiger partial charge in [0, 0.05) is 35.6 Å². The summed E-state index contributed by atoms with van der Waals surface area (Å²) in [7, 11) is 0. The van der Waals surface area contributed by atoms with Gasteiger partial charge < -0.3 is 16.1 Å². The number of nitrogens with one attached hydrogen (secondary N) is 4. The Morgan fingerprint density at radius 1 is 1.10 bits per heavy atom. The van der Waals surface area contributed by atoms with Crippen LogP contribution in [0.15, 0.2) is 66.8 Å². The van der Waals surface area contributed by atoms with Crippen LogP contribution in [0.4, 0.5) is 25.8 Å². The highest BCUT2D eigenvalue weighted by atomic mass is 35.5. The molecule has 2 aromatic heterocycles. The summed E-state index contributed by atoms with van der Waals surface area (Å²) in [6, 6.07) is 13.8. The first kappa shape index (κ1) is 24.1. The number of nitrogens with zero attached hydrogens (tertiary/aromatic N) is 5. The number of benzene rings is 2. The van der Waals surface area contributed by atoms with Crippen molar-refractivity contribution >= 4 is 39.6 Å². The lowest BCUT2D eigenvalue weighted by Gasteiger charge is -2.22. The Labute approximate surface area is 234 Å². The number of rotatable bonds is 7. The molecule has 1 atom stereocenters. The molecule has 4 aromatic rings. The highest BCUT2D eigenvalue weighted by Gasteiger charge is 2.32. The van der Waals surface area contributed by atoms with Crippen LogP contribution in [0.25, 0.3) is 10.9 Å². The second-order valence-corrected chi connectivity index (χ2v) is 9.65. The average molecular weight is 557 g/mol. The van der Waals surface area contributed by atoms with Gasteiger partial charge in [-0.25, -0.2) is 9.37 Å². The van der Waals surface area contributed by atoms with E-state index in [4.69, 9.17) is 11.6 Å². The third-order valence-corrected chi connectivity index (χ3v) is 6.75. The molecule has 1 aliphatic carbocycles. The molecule has 9 nitrogen and oxygen atoms in total. The van der Waals surface area contributed by atoms with Crippen molar-refractivity contribution in [3.8, 4) is 12.1 Å². The Kier molecular flexibility index (Phi) is 6.21. The largest absolute Gasteiger partial charge is 0.373 e. The molecule has 3 heterocycles. The van der Waals surface area contributed by atoms with Crippen LogP contribution in [0.1, 0.15) is 36.9 Å². The summed E-state index contributed by atoms with van der Waals surface area (Å²) < 4.78 is 36.9. The van der Waals surface area contributed by atoms with E-state index >= 15 is 0 Å². The normalized spacial score (nSPS) is 16.3. The molecular formula is C28H20ClF2N9. The highest BCUT2D eigenvalue weighted by Crippen LogP contribution is 2.37. The summed E-state index contributed by atoms with van der Waals surface area (Å²) in [4.78, 5) is 7.72. The lowest BCUT2D eigenvalue weighted by Crippen LogP contribution is -2.38. The fourth-order valence-electron chi connectivity index (χ4n) is 4.37. The van der Waals surface area contributed by atoms with Crippen molar-refractivity contribution in [2.75, 3.05) is 10.6 Å². The zero-order valence-corrected chi connectivity index (χ0v) is 21.4. The van der Waals surface area contributed by atoms with Gasteiger partial charge in [-0.15, -0.1) is 5.53 Å². The number of hydrazine groups is 2. The Bertz CT molecular complexity index is 1820. The van der Waals surface area contributed by atoms with Crippen LogP contribution in [0.2, 0.25) is 5.02 Å². The fourth-order valence-corrected chi connectivity index (χ4v) is 4.64. The van der Waals surface area contributed by atoms with Crippen LogP contribution < -0.4 is 21.6 Å². The number of nitriles is 2. The Balaban J connectivity index is 1.47. The average Bonchev–Trinajstić information content (AvgIpc) is 3.70. The molecule has 0 bridgehead atoms. The topological polar surface area (TPSA) is 125 Å². The molecule has 6 rings (SSSR count). The minimum atomic E-state index is -1.61. The van der Waals surface area contributed by atoms with Crippen molar-refractivity contribution in [2.24, 2.45) is 0 Å². The molecule has 0 spiro atoms. The number of hydrogen-bond acceptors (Lipinski definition) is 9. The lowest BCUT2D eigenvalue weighted by molar-refractivity contribution is 0.260. The summed E-state index contributed by atoms with van der Waals surface area (Å²) in [5.74, 6) is -2.40. The number of aromatic nitrogens is 2. The predicted octanol–water partition coefficient (Wildman–Crippen LogP) is 5.53. The fraction of sp³-hybridized carbons (Fsp3) is 0.143. The SMILES string of the molecule is [2H]C(Nc1cc(Cl)c2ncc(C#N)c(Nc3cnc(F)c(F)c3)c2c1)(C1=CN(C2CC2)NN1)c1cccc(C#N)c1. The second kappa shape index (κ2) is 10.3. The molecule has 2 aromatic carbocycles. The number of halogens is 3. The third kappa shape index (κ3) is 4.92. The maximum absolute atomic E-state index is 13.9. The van der Waals surface area contributed by atoms with Gasteiger partial charge >= 0.3 is 0 Å².